The molecule has 1 heterocycles. The molecule has 0 aliphatic heterocycles. The van der Waals surface area contributed by atoms with E-state index >= 15 is 0 Å². The zero-order valence-electron chi connectivity index (χ0n) is 11.5. The predicted octanol–water partition coefficient (Wildman–Crippen LogP) is 3.68. The first kappa shape index (κ1) is 13.4. The Hall–Kier alpha value is -2.62. The average molecular weight is 281 g/mol. The number of imidazole rings is 1. The third-order valence-corrected chi connectivity index (χ3v) is 3.32. The normalized spacial score (nSPS) is 10.5. The summed E-state index contributed by atoms with van der Waals surface area (Å²) in [6.45, 7) is 1.09. The number of anilines is 1. The second kappa shape index (κ2) is 6.22. The third-order valence-electron chi connectivity index (χ3n) is 3.32. The van der Waals surface area contributed by atoms with Gasteiger partial charge in [-0.3, -0.25) is 0 Å². The van der Waals surface area contributed by atoms with Crippen molar-refractivity contribution >= 4 is 5.69 Å². The fourth-order valence-electron chi connectivity index (χ4n) is 2.20. The number of benzene rings is 2. The van der Waals surface area contributed by atoms with Crippen LogP contribution < -0.4 is 5.32 Å². The van der Waals surface area contributed by atoms with E-state index in [1.807, 2.05) is 47.2 Å². The molecule has 0 aliphatic carbocycles. The van der Waals surface area contributed by atoms with E-state index in [4.69, 9.17) is 0 Å². The van der Waals surface area contributed by atoms with Crippen molar-refractivity contribution in [2.45, 2.75) is 13.1 Å². The van der Waals surface area contributed by atoms with E-state index in [1.165, 1.54) is 6.07 Å². The topological polar surface area (TPSA) is 29.9 Å². The van der Waals surface area contributed by atoms with Gasteiger partial charge in [0, 0.05) is 23.6 Å². The first-order chi connectivity index (χ1) is 10.3. The van der Waals surface area contributed by atoms with Gasteiger partial charge in [-0.2, -0.15) is 0 Å². The lowest BCUT2D eigenvalue weighted by molar-refractivity contribution is 0.595. The first-order valence-electron chi connectivity index (χ1n) is 6.85. The quantitative estimate of drug-likeness (QED) is 0.773. The number of nitrogens with zero attached hydrogens (tertiary/aromatic N) is 2. The maximum Gasteiger partial charge on any atom is 0.128 e. The van der Waals surface area contributed by atoms with Crippen molar-refractivity contribution in [3.05, 3.63) is 84.2 Å². The van der Waals surface area contributed by atoms with E-state index in [0.29, 0.717) is 18.7 Å². The van der Waals surface area contributed by atoms with Crippen molar-refractivity contribution in [1.29, 1.82) is 0 Å². The summed E-state index contributed by atoms with van der Waals surface area (Å²) >= 11 is 0. The fraction of sp³-hybridized carbons (Fsp3) is 0.118. The predicted molar refractivity (Wildman–Crippen MR) is 81.5 cm³/mol. The Bertz CT molecular complexity index is 707. The van der Waals surface area contributed by atoms with Crippen LogP contribution in [0.5, 0.6) is 0 Å². The molecular formula is C17H16FN3. The van der Waals surface area contributed by atoms with Crippen LogP contribution in [0.4, 0.5) is 10.1 Å². The van der Waals surface area contributed by atoms with Gasteiger partial charge < -0.3 is 9.88 Å². The lowest BCUT2D eigenvalue weighted by Crippen LogP contribution is -2.10. The van der Waals surface area contributed by atoms with Gasteiger partial charge in [0.2, 0.25) is 0 Å². The molecule has 106 valence electrons. The number of hydrogen-bond donors (Lipinski definition) is 1. The van der Waals surface area contributed by atoms with Crippen LogP contribution in [0.3, 0.4) is 0 Å². The summed E-state index contributed by atoms with van der Waals surface area (Å²) in [6.07, 6.45) is 3.61. The molecule has 1 N–H and O–H groups in total. The lowest BCUT2D eigenvalue weighted by atomic mass is 10.2. The molecule has 0 saturated carbocycles. The summed E-state index contributed by atoms with van der Waals surface area (Å²) in [4.78, 5) is 4.34. The molecule has 4 heteroatoms. The Kier molecular flexibility index (Phi) is 3.96. The molecule has 1 aromatic heterocycles. The van der Waals surface area contributed by atoms with E-state index in [0.717, 1.165) is 11.5 Å². The van der Waals surface area contributed by atoms with Crippen LogP contribution >= 0.6 is 0 Å². The highest BCUT2D eigenvalue weighted by molar-refractivity contribution is 5.42. The monoisotopic (exact) mass is 281 g/mol. The van der Waals surface area contributed by atoms with Crippen LogP contribution in [-0.2, 0) is 13.1 Å². The molecule has 0 unspecified atom stereocenters. The van der Waals surface area contributed by atoms with Gasteiger partial charge in [-0.25, -0.2) is 9.37 Å². The lowest BCUT2D eigenvalue weighted by Gasteiger charge is -2.10. The van der Waals surface area contributed by atoms with Crippen molar-refractivity contribution in [2.24, 2.45) is 0 Å². The number of hydrogen-bond acceptors (Lipinski definition) is 2. The van der Waals surface area contributed by atoms with Crippen LogP contribution in [0.15, 0.2) is 67.0 Å². The standard InChI is InChI=1S/C17H16FN3/c18-16-9-5-4-6-14(16)13-21-11-10-19-17(21)12-20-15-7-2-1-3-8-15/h1-11,20H,12-13H2. The van der Waals surface area contributed by atoms with E-state index in [-0.39, 0.29) is 5.82 Å². The molecule has 0 saturated heterocycles. The molecule has 0 amide bonds. The number of halogens is 1. The van der Waals surface area contributed by atoms with Crippen molar-refractivity contribution in [3.8, 4) is 0 Å². The van der Waals surface area contributed by atoms with E-state index in [2.05, 4.69) is 10.3 Å². The zero-order chi connectivity index (χ0) is 14.5. The molecule has 0 radical (unpaired) electrons. The molecule has 0 atom stereocenters. The average Bonchev–Trinajstić information content (AvgIpc) is 2.96. The SMILES string of the molecule is Fc1ccccc1Cn1ccnc1CNc1ccccc1. The Labute approximate surface area is 123 Å². The van der Waals surface area contributed by atoms with Crippen LogP contribution in [0.1, 0.15) is 11.4 Å². The molecule has 21 heavy (non-hydrogen) atoms. The van der Waals surface area contributed by atoms with Gasteiger partial charge in [0.05, 0.1) is 13.1 Å². The van der Waals surface area contributed by atoms with E-state index < -0.39 is 0 Å². The summed E-state index contributed by atoms with van der Waals surface area (Å²) in [5.41, 5.74) is 1.70. The summed E-state index contributed by atoms with van der Waals surface area (Å²) < 4.78 is 15.7. The number of rotatable bonds is 5. The van der Waals surface area contributed by atoms with Gasteiger partial charge >= 0.3 is 0 Å². The van der Waals surface area contributed by atoms with Crippen molar-refractivity contribution in [2.75, 3.05) is 5.32 Å². The Morgan fingerprint density at radius 2 is 1.76 bits per heavy atom. The number of aromatic nitrogens is 2. The summed E-state index contributed by atoms with van der Waals surface area (Å²) in [6, 6.07) is 16.8. The Morgan fingerprint density at radius 3 is 2.57 bits per heavy atom. The van der Waals surface area contributed by atoms with Crippen molar-refractivity contribution in [1.82, 2.24) is 9.55 Å². The minimum Gasteiger partial charge on any atom is -0.378 e. The van der Waals surface area contributed by atoms with Crippen molar-refractivity contribution < 1.29 is 4.39 Å². The Balaban J connectivity index is 1.71. The van der Waals surface area contributed by atoms with Gasteiger partial charge in [-0.1, -0.05) is 36.4 Å². The molecule has 0 aliphatic rings. The Morgan fingerprint density at radius 1 is 1.00 bits per heavy atom. The second-order valence-corrected chi connectivity index (χ2v) is 4.78. The minimum absolute atomic E-state index is 0.187. The maximum absolute atomic E-state index is 13.7. The van der Waals surface area contributed by atoms with Gasteiger partial charge in [-0.05, 0) is 18.2 Å². The second-order valence-electron chi connectivity index (χ2n) is 4.78. The highest BCUT2D eigenvalue weighted by Gasteiger charge is 2.06. The molecule has 3 rings (SSSR count). The van der Waals surface area contributed by atoms with Gasteiger partial charge in [-0.15, -0.1) is 0 Å². The van der Waals surface area contributed by atoms with Crippen LogP contribution in [-0.4, -0.2) is 9.55 Å². The smallest absolute Gasteiger partial charge is 0.128 e. The maximum atomic E-state index is 13.7. The molecule has 3 aromatic rings. The third kappa shape index (κ3) is 3.28. The number of para-hydroxylation sites is 1. The summed E-state index contributed by atoms with van der Waals surface area (Å²) in [5, 5.41) is 3.31. The van der Waals surface area contributed by atoms with Gasteiger partial charge in [0.15, 0.2) is 0 Å². The number of nitrogens with one attached hydrogen (secondary N) is 1. The molecule has 0 spiro atoms. The summed E-state index contributed by atoms with van der Waals surface area (Å²) in [5.74, 6) is 0.690. The van der Waals surface area contributed by atoms with Crippen LogP contribution in [0.2, 0.25) is 0 Å². The molecular weight excluding hydrogens is 265 g/mol. The molecule has 2 aromatic carbocycles. The molecule has 0 fully saturated rings. The largest absolute Gasteiger partial charge is 0.378 e. The minimum atomic E-state index is -0.187. The molecule has 0 bridgehead atoms. The highest BCUT2D eigenvalue weighted by atomic mass is 19.1. The summed E-state index contributed by atoms with van der Waals surface area (Å²) in [7, 11) is 0. The highest BCUT2D eigenvalue weighted by Crippen LogP contribution is 2.12. The van der Waals surface area contributed by atoms with Gasteiger partial charge in [0.1, 0.15) is 11.6 Å². The van der Waals surface area contributed by atoms with E-state index in [1.54, 1.807) is 18.3 Å². The van der Waals surface area contributed by atoms with Crippen LogP contribution in [0.25, 0.3) is 0 Å². The zero-order valence-corrected chi connectivity index (χ0v) is 11.5. The molecule has 3 nitrogen and oxygen atoms in total. The van der Waals surface area contributed by atoms with Crippen molar-refractivity contribution in [3.63, 3.8) is 0 Å². The van der Waals surface area contributed by atoms with E-state index in [9.17, 15) is 4.39 Å². The van der Waals surface area contributed by atoms with Gasteiger partial charge in [0.25, 0.3) is 0 Å². The fourth-order valence-corrected chi connectivity index (χ4v) is 2.20. The first-order valence-corrected chi connectivity index (χ1v) is 6.85. The van der Waals surface area contributed by atoms with Crippen LogP contribution in [0, 0.1) is 5.82 Å².